The zero-order chi connectivity index (χ0) is 13.7. The first kappa shape index (κ1) is 13.7. The maximum atomic E-state index is 12.2. The monoisotopic (exact) mass is 263 g/mol. The molecule has 6 nitrogen and oxygen atoms in total. The number of carbonyl (C=O) groups excluding carboxylic acids is 1. The highest BCUT2D eigenvalue weighted by molar-refractivity contribution is 5.92. The van der Waals surface area contributed by atoms with E-state index in [9.17, 15) is 4.79 Å². The maximum absolute atomic E-state index is 12.2. The van der Waals surface area contributed by atoms with Crippen molar-refractivity contribution in [3.63, 3.8) is 0 Å². The van der Waals surface area contributed by atoms with Crippen molar-refractivity contribution in [2.24, 2.45) is 0 Å². The number of nitrogens with zero attached hydrogens (tertiary/aromatic N) is 4. The van der Waals surface area contributed by atoms with E-state index in [-0.39, 0.29) is 5.91 Å². The van der Waals surface area contributed by atoms with Crippen molar-refractivity contribution < 1.29 is 4.79 Å². The topological polar surface area (TPSA) is 61.4 Å². The first-order chi connectivity index (χ1) is 9.20. The molecule has 1 saturated heterocycles. The van der Waals surface area contributed by atoms with Gasteiger partial charge in [0.05, 0.1) is 0 Å². The van der Waals surface area contributed by atoms with Crippen molar-refractivity contribution >= 4 is 11.7 Å². The summed E-state index contributed by atoms with van der Waals surface area (Å²) in [6, 6.07) is 3.55. The summed E-state index contributed by atoms with van der Waals surface area (Å²) in [7, 11) is 2.07. The van der Waals surface area contributed by atoms with Gasteiger partial charge < -0.3 is 15.1 Å². The van der Waals surface area contributed by atoms with E-state index in [4.69, 9.17) is 0 Å². The predicted octanol–water partition coefficient (Wildman–Crippen LogP) is 0.686. The van der Waals surface area contributed by atoms with E-state index in [1.807, 2.05) is 11.0 Å². The minimum atomic E-state index is -0.0253. The third-order valence-corrected chi connectivity index (χ3v) is 3.23. The molecule has 0 saturated carbocycles. The molecule has 1 fully saturated rings. The molecular formula is C13H21N5O. The Hall–Kier alpha value is -1.69. The highest BCUT2D eigenvalue weighted by Crippen LogP contribution is 2.07. The Morgan fingerprint density at radius 3 is 2.58 bits per heavy atom. The lowest BCUT2D eigenvalue weighted by atomic mass is 10.3. The van der Waals surface area contributed by atoms with Crippen molar-refractivity contribution in [1.29, 1.82) is 0 Å². The van der Waals surface area contributed by atoms with Gasteiger partial charge in [-0.2, -0.15) is 0 Å². The van der Waals surface area contributed by atoms with Gasteiger partial charge in [-0.25, -0.2) is 0 Å². The number of nitrogens with one attached hydrogen (secondary N) is 1. The lowest BCUT2D eigenvalue weighted by Gasteiger charge is -2.32. The Morgan fingerprint density at radius 2 is 2.00 bits per heavy atom. The molecule has 104 valence electrons. The first-order valence-electron chi connectivity index (χ1n) is 6.76. The van der Waals surface area contributed by atoms with Gasteiger partial charge in [-0.15, -0.1) is 10.2 Å². The van der Waals surface area contributed by atoms with Crippen LogP contribution in [0.2, 0.25) is 0 Å². The Kier molecular flexibility index (Phi) is 4.68. The normalized spacial score (nSPS) is 16.4. The number of rotatable bonds is 4. The summed E-state index contributed by atoms with van der Waals surface area (Å²) in [5.41, 5.74) is 0.423. The molecule has 2 rings (SSSR count). The SMILES string of the molecule is CCCNc1ccc(C(=O)N2CCN(C)CC2)nn1. The summed E-state index contributed by atoms with van der Waals surface area (Å²) < 4.78 is 0. The number of anilines is 1. The zero-order valence-corrected chi connectivity index (χ0v) is 11.6. The molecule has 2 heterocycles. The molecule has 19 heavy (non-hydrogen) atoms. The van der Waals surface area contributed by atoms with Crippen molar-refractivity contribution in [2.45, 2.75) is 13.3 Å². The molecule has 6 heteroatoms. The minimum Gasteiger partial charge on any atom is -0.369 e. The van der Waals surface area contributed by atoms with Crippen LogP contribution in [-0.4, -0.2) is 65.7 Å². The molecule has 1 aromatic heterocycles. The van der Waals surface area contributed by atoms with Gasteiger partial charge in [-0.1, -0.05) is 6.92 Å². The molecule has 0 atom stereocenters. The number of amides is 1. The van der Waals surface area contributed by atoms with E-state index >= 15 is 0 Å². The average molecular weight is 263 g/mol. The molecule has 1 aliphatic heterocycles. The standard InChI is InChI=1S/C13H21N5O/c1-3-6-14-12-5-4-11(15-16-12)13(19)18-9-7-17(2)8-10-18/h4-5H,3,6-10H2,1-2H3,(H,14,16). The number of aromatic nitrogens is 2. The first-order valence-corrected chi connectivity index (χ1v) is 6.76. The molecular weight excluding hydrogens is 242 g/mol. The lowest BCUT2D eigenvalue weighted by molar-refractivity contribution is 0.0657. The smallest absolute Gasteiger partial charge is 0.274 e. The van der Waals surface area contributed by atoms with Crippen molar-refractivity contribution in [2.75, 3.05) is 45.1 Å². The number of piperazine rings is 1. The van der Waals surface area contributed by atoms with Crippen LogP contribution in [-0.2, 0) is 0 Å². The van der Waals surface area contributed by atoms with E-state index in [1.165, 1.54) is 0 Å². The minimum absolute atomic E-state index is 0.0253. The molecule has 0 aliphatic carbocycles. The number of hydrogen-bond acceptors (Lipinski definition) is 5. The molecule has 0 unspecified atom stereocenters. The Labute approximate surface area is 113 Å². The predicted molar refractivity (Wildman–Crippen MR) is 74.2 cm³/mol. The second kappa shape index (κ2) is 6.47. The van der Waals surface area contributed by atoms with Crippen molar-refractivity contribution in [3.05, 3.63) is 17.8 Å². The summed E-state index contributed by atoms with van der Waals surface area (Å²) in [5.74, 6) is 0.694. The van der Waals surface area contributed by atoms with Crippen LogP contribution in [0.25, 0.3) is 0 Å². The van der Waals surface area contributed by atoms with Crippen LogP contribution in [0.15, 0.2) is 12.1 Å². The quantitative estimate of drug-likeness (QED) is 0.866. The molecule has 0 spiro atoms. The molecule has 0 aromatic carbocycles. The Morgan fingerprint density at radius 1 is 1.26 bits per heavy atom. The van der Waals surface area contributed by atoms with Gasteiger partial charge in [0.2, 0.25) is 0 Å². The average Bonchev–Trinajstić information content (AvgIpc) is 2.46. The zero-order valence-electron chi connectivity index (χ0n) is 11.6. The number of hydrogen-bond donors (Lipinski definition) is 1. The fourth-order valence-electron chi connectivity index (χ4n) is 1.97. The summed E-state index contributed by atoms with van der Waals surface area (Å²) in [4.78, 5) is 16.3. The number of likely N-dealkylation sites (N-methyl/N-ethyl adjacent to an activating group) is 1. The van der Waals surface area contributed by atoms with Gasteiger partial charge in [-0.05, 0) is 25.6 Å². The van der Waals surface area contributed by atoms with E-state index in [1.54, 1.807) is 6.07 Å². The van der Waals surface area contributed by atoms with Crippen LogP contribution in [0, 0.1) is 0 Å². The largest absolute Gasteiger partial charge is 0.369 e. The molecule has 1 aliphatic rings. The van der Waals surface area contributed by atoms with Crippen LogP contribution in [0.3, 0.4) is 0 Å². The van der Waals surface area contributed by atoms with Gasteiger partial charge in [0.15, 0.2) is 5.69 Å². The molecule has 1 amide bonds. The third kappa shape index (κ3) is 3.64. The van der Waals surface area contributed by atoms with E-state index in [0.717, 1.165) is 45.0 Å². The van der Waals surface area contributed by atoms with Gasteiger partial charge in [-0.3, -0.25) is 4.79 Å². The van der Waals surface area contributed by atoms with Crippen LogP contribution in [0.5, 0.6) is 0 Å². The van der Waals surface area contributed by atoms with Gasteiger partial charge in [0.1, 0.15) is 5.82 Å². The van der Waals surface area contributed by atoms with Crippen LogP contribution in [0.4, 0.5) is 5.82 Å². The molecule has 0 radical (unpaired) electrons. The second-order valence-electron chi connectivity index (χ2n) is 4.83. The van der Waals surface area contributed by atoms with Crippen LogP contribution in [0.1, 0.15) is 23.8 Å². The van der Waals surface area contributed by atoms with Gasteiger partial charge in [0, 0.05) is 32.7 Å². The molecule has 1 aromatic rings. The highest BCUT2D eigenvalue weighted by atomic mass is 16.2. The highest BCUT2D eigenvalue weighted by Gasteiger charge is 2.21. The molecule has 0 bridgehead atoms. The maximum Gasteiger partial charge on any atom is 0.274 e. The Bertz CT molecular complexity index is 412. The van der Waals surface area contributed by atoms with Crippen molar-refractivity contribution in [3.8, 4) is 0 Å². The van der Waals surface area contributed by atoms with E-state index < -0.39 is 0 Å². The fourth-order valence-corrected chi connectivity index (χ4v) is 1.97. The van der Waals surface area contributed by atoms with E-state index in [2.05, 4.69) is 34.4 Å². The second-order valence-corrected chi connectivity index (χ2v) is 4.83. The summed E-state index contributed by atoms with van der Waals surface area (Å²) >= 11 is 0. The molecule has 1 N–H and O–H groups in total. The third-order valence-electron chi connectivity index (χ3n) is 3.23. The van der Waals surface area contributed by atoms with Crippen molar-refractivity contribution in [1.82, 2.24) is 20.0 Å². The summed E-state index contributed by atoms with van der Waals surface area (Å²) in [5, 5.41) is 11.2. The van der Waals surface area contributed by atoms with E-state index in [0.29, 0.717) is 5.69 Å². The number of carbonyl (C=O) groups is 1. The van der Waals surface area contributed by atoms with Crippen LogP contribution >= 0.6 is 0 Å². The summed E-state index contributed by atoms with van der Waals surface area (Å²) in [6.07, 6.45) is 1.03. The Balaban J connectivity index is 1.95. The van der Waals surface area contributed by atoms with Gasteiger partial charge in [0.25, 0.3) is 5.91 Å². The fraction of sp³-hybridized carbons (Fsp3) is 0.615. The lowest BCUT2D eigenvalue weighted by Crippen LogP contribution is -2.47. The van der Waals surface area contributed by atoms with Crippen LogP contribution < -0.4 is 5.32 Å². The summed E-state index contributed by atoms with van der Waals surface area (Å²) in [6.45, 7) is 6.29. The van der Waals surface area contributed by atoms with Gasteiger partial charge >= 0.3 is 0 Å².